The summed E-state index contributed by atoms with van der Waals surface area (Å²) in [5.41, 5.74) is -17.6. The topological polar surface area (TPSA) is 0 Å². The molecule has 2 aromatic rings. The molecule has 16 heteroatoms. The summed E-state index contributed by atoms with van der Waals surface area (Å²) in [6.45, 7) is 0. The molecule has 0 bridgehead atoms. The minimum absolute atomic E-state index is 3.18. The van der Waals surface area contributed by atoms with Crippen LogP contribution in [0.1, 0.15) is 16.7 Å². The van der Waals surface area contributed by atoms with Crippen molar-refractivity contribution in [2.75, 3.05) is 0 Å². The van der Waals surface area contributed by atoms with Crippen molar-refractivity contribution in [1.82, 2.24) is 0 Å². The Balaban J connectivity index is 2.74. The van der Waals surface area contributed by atoms with Gasteiger partial charge in [0.1, 0.15) is 0 Å². The zero-order chi connectivity index (χ0) is 24.9. The molecule has 0 nitrogen and oxygen atoms in total. The van der Waals surface area contributed by atoms with Crippen molar-refractivity contribution in [2.24, 2.45) is 0 Å². The first-order valence-corrected chi connectivity index (χ1v) is 7.52. The fourth-order valence-corrected chi connectivity index (χ4v) is 3.17. The van der Waals surface area contributed by atoms with Gasteiger partial charge in [0.05, 0.1) is 16.7 Å². The van der Waals surface area contributed by atoms with Gasteiger partial charge in [-0.3, -0.25) is 0 Å². The summed E-state index contributed by atoms with van der Waals surface area (Å²) in [4.78, 5) is 0. The van der Waals surface area contributed by atoms with E-state index in [0.717, 1.165) is 0 Å². The Hall–Kier alpha value is -2.68. The molecule has 0 N–H and O–H groups in total. The average molecular weight is 496 g/mol. The lowest BCUT2D eigenvalue weighted by molar-refractivity contribution is -0.358. The van der Waals surface area contributed by atoms with Gasteiger partial charge in [-0.2, -0.15) is 26.3 Å². The zero-order valence-electron chi connectivity index (χ0n) is 14.0. The van der Waals surface area contributed by atoms with Crippen LogP contribution < -0.4 is 0 Å². The number of halogens is 16. The average Bonchev–Trinajstić information content (AvgIpc) is 2.70. The molecule has 1 aliphatic carbocycles. The molecular formula is C16F16. The summed E-state index contributed by atoms with van der Waals surface area (Å²) in [7, 11) is 0. The highest BCUT2D eigenvalue weighted by atomic mass is 19.3. The first-order chi connectivity index (χ1) is 14.3. The Morgan fingerprint density at radius 2 is 0.594 bits per heavy atom. The van der Waals surface area contributed by atoms with Gasteiger partial charge >= 0.3 is 17.8 Å². The smallest absolute Gasteiger partial charge is 0.226 e. The highest BCUT2D eigenvalue weighted by Gasteiger charge is 2.86. The van der Waals surface area contributed by atoms with E-state index in [-0.39, 0.29) is 0 Å². The minimum atomic E-state index is -7.34. The molecule has 1 atom stereocenters. The Morgan fingerprint density at radius 1 is 0.312 bits per heavy atom. The Kier molecular flexibility index (Phi) is 4.82. The predicted octanol–water partition coefficient (Wildman–Crippen LogP) is 6.53. The molecular weight excluding hydrogens is 496 g/mol. The van der Waals surface area contributed by atoms with E-state index in [4.69, 9.17) is 0 Å². The van der Waals surface area contributed by atoms with Crippen molar-refractivity contribution in [2.45, 2.75) is 23.4 Å². The van der Waals surface area contributed by atoms with Gasteiger partial charge in [0.25, 0.3) is 0 Å². The van der Waals surface area contributed by atoms with Crippen LogP contribution in [-0.4, -0.2) is 11.8 Å². The number of hydrogen-bond acceptors (Lipinski definition) is 0. The summed E-state index contributed by atoms with van der Waals surface area (Å²) in [5.74, 6) is -52.6. The quantitative estimate of drug-likeness (QED) is 0.240. The van der Waals surface area contributed by atoms with Crippen LogP contribution in [0.15, 0.2) is 0 Å². The SMILES string of the molecule is Fc1c(F)c(F)c(C2(F)c3c(F)c(F)c(F)c(F)c3C(F)(F)C(F)(F)C2(F)F)c(F)c1F. The number of benzene rings is 2. The summed E-state index contributed by atoms with van der Waals surface area (Å²) >= 11 is 0. The van der Waals surface area contributed by atoms with Crippen molar-refractivity contribution in [3.8, 4) is 0 Å². The number of hydrogen-bond donors (Lipinski definition) is 0. The lowest BCUT2D eigenvalue weighted by Crippen LogP contribution is -2.66. The van der Waals surface area contributed by atoms with Crippen LogP contribution in [-0.2, 0) is 11.6 Å². The summed E-state index contributed by atoms with van der Waals surface area (Å²) < 4.78 is 223. The molecule has 0 fully saturated rings. The summed E-state index contributed by atoms with van der Waals surface area (Å²) in [6, 6.07) is 0. The van der Waals surface area contributed by atoms with E-state index >= 15 is 4.39 Å². The van der Waals surface area contributed by atoms with Crippen molar-refractivity contribution < 1.29 is 70.2 Å². The molecule has 3 rings (SSSR count). The molecule has 0 heterocycles. The standard InChI is InChI=1S/C16F16/c17-4-1-2(5(18)9(22)8(4)21)14(27,28)16(31,32)15(29,30)13(1,26)3-6(19)10(23)12(25)11(24)7(3)20. The van der Waals surface area contributed by atoms with E-state index in [1.165, 1.54) is 0 Å². The van der Waals surface area contributed by atoms with Gasteiger partial charge in [-0.1, -0.05) is 0 Å². The number of rotatable bonds is 1. The highest BCUT2D eigenvalue weighted by Crippen LogP contribution is 2.67. The first-order valence-electron chi connectivity index (χ1n) is 7.52. The van der Waals surface area contributed by atoms with Crippen molar-refractivity contribution >= 4 is 0 Å². The van der Waals surface area contributed by atoms with Gasteiger partial charge in [-0.25, -0.2) is 43.9 Å². The molecule has 0 amide bonds. The van der Waals surface area contributed by atoms with Gasteiger partial charge < -0.3 is 0 Å². The van der Waals surface area contributed by atoms with Crippen LogP contribution in [0.4, 0.5) is 70.2 Å². The lowest BCUT2D eigenvalue weighted by Gasteiger charge is -2.46. The molecule has 0 saturated heterocycles. The van der Waals surface area contributed by atoms with E-state index in [9.17, 15) is 65.9 Å². The maximum absolute atomic E-state index is 15.5. The minimum Gasteiger partial charge on any atom is -0.226 e. The molecule has 0 saturated carbocycles. The van der Waals surface area contributed by atoms with Gasteiger partial charge in [-0.05, 0) is 0 Å². The van der Waals surface area contributed by atoms with E-state index in [1.54, 1.807) is 0 Å². The second-order valence-electron chi connectivity index (χ2n) is 6.33. The molecule has 0 spiro atoms. The van der Waals surface area contributed by atoms with Gasteiger partial charge in [-0.15, -0.1) is 0 Å². The predicted molar refractivity (Wildman–Crippen MR) is 68.2 cm³/mol. The fourth-order valence-electron chi connectivity index (χ4n) is 3.17. The molecule has 0 aromatic heterocycles. The van der Waals surface area contributed by atoms with Crippen molar-refractivity contribution in [3.05, 3.63) is 69.0 Å². The largest absolute Gasteiger partial charge is 0.380 e. The number of alkyl halides is 7. The van der Waals surface area contributed by atoms with E-state index in [0.29, 0.717) is 0 Å². The first kappa shape index (κ1) is 24.0. The van der Waals surface area contributed by atoms with Gasteiger partial charge in [0.15, 0.2) is 46.5 Å². The molecule has 1 aliphatic rings. The summed E-state index contributed by atoms with van der Waals surface area (Å²) in [6.07, 6.45) is 0. The molecule has 176 valence electrons. The maximum atomic E-state index is 15.5. The van der Waals surface area contributed by atoms with Gasteiger partial charge in [0.2, 0.25) is 11.5 Å². The lowest BCUT2D eigenvalue weighted by atomic mass is 9.69. The third kappa shape index (κ3) is 2.32. The molecule has 1 unspecified atom stereocenters. The maximum Gasteiger partial charge on any atom is 0.380 e. The van der Waals surface area contributed by atoms with Crippen molar-refractivity contribution in [1.29, 1.82) is 0 Å². The second-order valence-corrected chi connectivity index (χ2v) is 6.33. The van der Waals surface area contributed by atoms with Gasteiger partial charge in [0, 0.05) is 0 Å². The normalized spacial score (nSPS) is 23.2. The second kappa shape index (κ2) is 6.43. The van der Waals surface area contributed by atoms with E-state index in [2.05, 4.69) is 0 Å². The van der Waals surface area contributed by atoms with E-state index in [1.807, 2.05) is 0 Å². The fraction of sp³-hybridized carbons (Fsp3) is 0.250. The molecule has 32 heavy (non-hydrogen) atoms. The van der Waals surface area contributed by atoms with Crippen LogP contribution in [0.5, 0.6) is 0 Å². The number of fused-ring (bicyclic) bond motifs is 1. The van der Waals surface area contributed by atoms with E-state index < -0.39 is 92.5 Å². The molecule has 0 aliphatic heterocycles. The molecule has 2 aromatic carbocycles. The third-order valence-electron chi connectivity index (χ3n) is 4.70. The van der Waals surface area contributed by atoms with Crippen LogP contribution >= 0.6 is 0 Å². The van der Waals surface area contributed by atoms with Crippen LogP contribution in [0.2, 0.25) is 0 Å². The highest BCUT2D eigenvalue weighted by molar-refractivity contribution is 5.53. The molecule has 0 radical (unpaired) electrons. The third-order valence-corrected chi connectivity index (χ3v) is 4.70. The van der Waals surface area contributed by atoms with Crippen LogP contribution in [0, 0.1) is 52.4 Å². The van der Waals surface area contributed by atoms with Crippen LogP contribution in [0.25, 0.3) is 0 Å². The monoisotopic (exact) mass is 496 g/mol. The zero-order valence-corrected chi connectivity index (χ0v) is 14.0. The Labute approximate surface area is 164 Å². The van der Waals surface area contributed by atoms with Crippen molar-refractivity contribution in [3.63, 3.8) is 0 Å². The van der Waals surface area contributed by atoms with Crippen LogP contribution in [0.3, 0.4) is 0 Å². The Morgan fingerprint density at radius 3 is 0.969 bits per heavy atom. The summed E-state index contributed by atoms with van der Waals surface area (Å²) in [5, 5.41) is 0. The Bertz CT molecular complexity index is 1140.